The van der Waals surface area contributed by atoms with E-state index in [1.165, 1.54) is 16.7 Å². The van der Waals surface area contributed by atoms with Crippen molar-refractivity contribution < 1.29 is 23.0 Å². The molecule has 0 fully saturated rings. The van der Waals surface area contributed by atoms with E-state index in [1.54, 1.807) is 7.11 Å². The molecule has 2 atom stereocenters. The number of aliphatic hydroxyl groups excluding tert-OH is 1. The van der Waals surface area contributed by atoms with Crippen LogP contribution in [0.25, 0.3) is 5.57 Å². The van der Waals surface area contributed by atoms with Gasteiger partial charge >= 0.3 is 0 Å². The van der Waals surface area contributed by atoms with Crippen LogP contribution in [0, 0.1) is 0 Å². The highest BCUT2D eigenvalue weighted by Crippen LogP contribution is 2.50. The highest BCUT2D eigenvalue weighted by Gasteiger charge is 2.44. The number of ether oxygens (including phenoxy) is 1. The van der Waals surface area contributed by atoms with Crippen LogP contribution in [0.1, 0.15) is 61.8 Å². The minimum atomic E-state index is -3.20. The summed E-state index contributed by atoms with van der Waals surface area (Å²) in [7, 11) is 1.61. The van der Waals surface area contributed by atoms with Gasteiger partial charge in [-0.1, -0.05) is 43.2 Å². The van der Waals surface area contributed by atoms with Crippen molar-refractivity contribution >= 4 is 11.3 Å². The Morgan fingerprint density at radius 3 is 2.64 bits per heavy atom. The second-order valence-electron chi connectivity index (χ2n) is 9.97. The Labute approximate surface area is 212 Å². The van der Waals surface area contributed by atoms with Crippen molar-refractivity contribution in [1.29, 1.82) is 0 Å². The third-order valence-electron chi connectivity index (χ3n) is 7.40. The first-order valence-electron chi connectivity index (χ1n) is 12.9. The number of fused-ring (bicyclic) bond motifs is 2. The first kappa shape index (κ1) is 26.6. The zero-order chi connectivity index (χ0) is 25.7. The smallest absolute Gasteiger partial charge is 0.283 e. The number of rotatable bonds is 12. The molecule has 0 unspecified atom stereocenters. The van der Waals surface area contributed by atoms with Crippen molar-refractivity contribution in [2.24, 2.45) is 0 Å². The number of halogens is 3. The average molecular weight is 503 g/mol. The summed E-state index contributed by atoms with van der Waals surface area (Å²) in [6.07, 6.45) is 4.81. The van der Waals surface area contributed by atoms with E-state index in [2.05, 4.69) is 17.4 Å². The van der Waals surface area contributed by atoms with Crippen molar-refractivity contribution in [3.8, 4) is 5.75 Å². The van der Waals surface area contributed by atoms with E-state index in [-0.39, 0.29) is 18.8 Å². The SMILES string of the molecule is COc1cc(NCCCCCCF)ccc1[C@@H]1C2=C(C[C@@H](C)N1CC(F)(F)CO)c1ccccc1C2. The summed E-state index contributed by atoms with van der Waals surface area (Å²) in [5, 5.41) is 12.7. The van der Waals surface area contributed by atoms with E-state index in [9.17, 15) is 18.3 Å². The Hall–Kier alpha value is -2.51. The molecule has 0 bridgehead atoms. The molecule has 0 spiro atoms. The lowest BCUT2D eigenvalue weighted by atomic mass is 9.84. The second-order valence-corrected chi connectivity index (χ2v) is 9.97. The molecule has 0 aromatic heterocycles. The van der Waals surface area contributed by atoms with Gasteiger partial charge in [0.25, 0.3) is 5.92 Å². The molecule has 1 heterocycles. The largest absolute Gasteiger partial charge is 0.496 e. The third-order valence-corrected chi connectivity index (χ3v) is 7.40. The van der Waals surface area contributed by atoms with Gasteiger partial charge in [0.1, 0.15) is 12.4 Å². The molecular weight excluding hydrogens is 465 g/mol. The van der Waals surface area contributed by atoms with Crippen LogP contribution in [0.2, 0.25) is 0 Å². The Morgan fingerprint density at radius 1 is 1.11 bits per heavy atom. The number of unbranched alkanes of at least 4 members (excludes halogenated alkanes) is 3. The van der Waals surface area contributed by atoms with Crippen LogP contribution in [-0.2, 0) is 6.42 Å². The van der Waals surface area contributed by atoms with Crippen molar-refractivity contribution in [3.05, 3.63) is 64.7 Å². The normalized spacial score (nSPS) is 19.8. The fraction of sp³-hybridized carbons (Fsp3) is 0.517. The molecule has 1 aliphatic carbocycles. The van der Waals surface area contributed by atoms with Gasteiger partial charge in [-0.2, -0.15) is 0 Å². The number of aliphatic hydroxyl groups is 1. The van der Waals surface area contributed by atoms with Gasteiger partial charge in [0.05, 0.1) is 26.4 Å². The van der Waals surface area contributed by atoms with Crippen molar-refractivity contribution in [2.45, 2.75) is 63.5 Å². The Balaban J connectivity index is 1.65. The number of anilines is 1. The molecule has 2 N–H and O–H groups in total. The quantitative estimate of drug-likeness (QED) is 0.329. The minimum absolute atomic E-state index is 0.135. The highest BCUT2D eigenvalue weighted by molar-refractivity contribution is 5.79. The average Bonchev–Trinajstić information content (AvgIpc) is 3.24. The summed E-state index contributed by atoms with van der Waals surface area (Å²) in [4.78, 5) is 1.83. The van der Waals surface area contributed by atoms with Gasteiger partial charge in [-0.05, 0) is 60.9 Å². The molecule has 0 amide bonds. The summed E-state index contributed by atoms with van der Waals surface area (Å²) in [5.41, 5.74) is 6.57. The van der Waals surface area contributed by atoms with Crippen LogP contribution in [0.5, 0.6) is 5.75 Å². The molecule has 2 aromatic carbocycles. The van der Waals surface area contributed by atoms with Gasteiger partial charge < -0.3 is 15.2 Å². The van der Waals surface area contributed by atoms with Gasteiger partial charge in [-0.25, -0.2) is 8.78 Å². The lowest BCUT2D eigenvalue weighted by Crippen LogP contribution is -2.48. The first-order chi connectivity index (χ1) is 17.4. The Morgan fingerprint density at radius 2 is 1.89 bits per heavy atom. The minimum Gasteiger partial charge on any atom is -0.496 e. The monoisotopic (exact) mass is 502 g/mol. The molecule has 1 aliphatic heterocycles. The standard InChI is InChI=1S/C29H37F3N2O2/c1-20-15-25-23-10-6-5-9-21(23)16-26(25)28(34(20)18-29(31,32)19-35)24-12-11-22(17-27(24)36-2)33-14-8-4-3-7-13-30/h5-6,9-12,17,20,28,33,35H,3-4,7-8,13-16,18-19H2,1-2H3/t20-,28-/m1/s1. The molecule has 2 aliphatic rings. The number of hydrogen-bond acceptors (Lipinski definition) is 4. The van der Waals surface area contributed by atoms with Crippen molar-refractivity contribution in [3.63, 3.8) is 0 Å². The summed E-state index contributed by atoms with van der Waals surface area (Å²) < 4.78 is 47.1. The maximum atomic E-state index is 14.5. The molecule has 4 rings (SSSR count). The molecule has 36 heavy (non-hydrogen) atoms. The zero-order valence-electron chi connectivity index (χ0n) is 21.2. The zero-order valence-corrected chi connectivity index (χ0v) is 21.2. The van der Waals surface area contributed by atoms with Gasteiger partial charge in [0, 0.05) is 29.9 Å². The number of methoxy groups -OCH3 is 1. The molecule has 0 radical (unpaired) electrons. The summed E-state index contributed by atoms with van der Waals surface area (Å²) in [5.74, 6) is -2.55. The van der Waals surface area contributed by atoms with Crippen LogP contribution in [0.15, 0.2) is 48.0 Å². The Bertz CT molecular complexity index is 1070. The van der Waals surface area contributed by atoms with Crippen LogP contribution < -0.4 is 10.1 Å². The first-order valence-corrected chi connectivity index (χ1v) is 12.9. The molecular formula is C29H37F3N2O2. The van der Waals surface area contributed by atoms with Gasteiger partial charge in [-0.15, -0.1) is 0 Å². The maximum absolute atomic E-state index is 14.5. The van der Waals surface area contributed by atoms with Gasteiger partial charge in [0.15, 0.2) is 0 Å². The molecule has 0 saturated carbocycles. The fourth-order valence-corrected chi connectivity index (χ4v) is 5.61. The van der Waals surface area contributed by atoms with E-state index in [0.717, 1.165) is 42.6 Å². The van der Waals surface area contributed by atoms with Crippen LogP contribution in [0.4, 0.5) is 18.9 Å². The molecule has 2 aromatic rings. The van der Waals surface area contributed by atoms with Crippen molar-refractivity contribution in [1.82, 2.24) is 4.90 Å². The van der Waals surface area contributed by atoms with E-state index < -0.39 is 19.1 Å². The van der Waals surface area contributed by atoms with E-state index >= 15 is 0 Å². The number of nitrogens with one attached hydrogen (secondary N) is 1. The molecule has 7 heteroatoms. The Kier molecular flexibility index (Phi) is 8.62. The highest BCUT2D eigenvalue weighted by atomic mass is 19.3. The molecule has 4 nitrogen and oxygen atoms in total. The number of alkyl halides is 3. The number of hydrogen-bond donors (Lipinski definition) is 2. The number of nitrogens with zero attached hydrogens (tertiary/aromatic N) is 1. The fourth-order valence-electron chi connectivity index (χ4n) is 5.61. The predicted octanol–water partition coefficient (Wildman–Crippen LogP) is 6.41. The third kappa shape index (κ3) is 5.73. The van der Waals surface area contributed by atoms with Gasteiger partial charge in [0.2, 0.25) is 0 Å². The number of benzene rings is 2. The maximum Gasteiger partial charge on any atom is 0.283 e. The lowest BCUT2D eigenvalue weighted by Gasteiger charge is -2.43. The van der Waals surface area contributed by atoms with Crippen LogP contribution >= 0.6 is 0 Å². The lowest BCUT2D eigenvalue weighted by molar-refractivity contribution is -0.0858. The van der Waals surface area contributed by atoms with E-state index in [1.807, 2.05) is 42.2 Å². The second kappa shape index (κ2) is 11.7. The van der Waals surface area contributed by atoms with Gasteiger partial charge in [-0.3, -0.25) is 9.29 Å². The summed E-state index contributed by atoms with van der Waals surface area (Å²) >= 11 is 0. The van der Waals surface area contributed by atoms with Crippen LogP contribution in [-0.4, -0.2) is 55.5 Å². The topological polar surface area (TPSA) is 44.7 Å². The van der Waals surface area contributed by atoms with Crippen molar-refractivity contribution in [2.75, 3.05) is 38.8 Å². The summed E-state index contributed by atoms with van der Waals surface area (Å²) in [6.45, 7) is 0.784. The molecule has 196 valence electrons. The van der Waals surface area contributed by atoms with E-state index in [0.29, 0.717) is 25.0 Å². The predicted molar refractivity (Wildman–Crippen MR) is 139 cm³/mol. The summed E-state index contributed by atoms with van der Waals surface area (Å²) in [6, 6.07) is 13.7. The van der Waals surface area contributed by atoms with Crippen LogP contribution in [0.3, 0.4) is 0 Å². The molecule has 0 saturated heterocycles. The van der Waals surface area contributed by atoms with E-state index in [4.69, 9.17) is 4.74 Å².